The van der Waals surface area contributed by atoms with Gasteiger partial charge in [-0.3, -0.25) is 9.78 Å². The number of hydrogen-bond donors (Lipinski definition) is 0. The molecule has 2 aromatic rings. The van der Waals surface area contributed by atoms with E-state index in [1.54, 1.807) is 31.6 Å². The SMILES string of the molecule is COC[C@@H](c1ccccn1)N(C)C(=O)CCc1nncn1C. The van der Waals surface area contributed by atoms with Gasteiger partial charge in [0.25, 0.3) is 0 Å². The highest BCUT2D eigenvalue weighted by molar-refractivity contribution is 5.76. The van der Waals surface area contributed by atoms with Crippen LogP contribution < -0.4 is 0 Å². The van der Waals surface area contributed by atoms with Gasteiger partial charge in [0.15, 0.2) is 0 Å². The first-order valence-electron chi connectivity index (χ1n) is 7.12. The van der Waals surface area contributed by atoms with Crippen molar-refractivity contribution in [3.63, 3.8) is 0 Å². The molecule has 0 unspecified atom stereocenters. The van der Waals surface area contributed by atoms with Crippen molar-refractivity contribution in [3.05, 3.63) is 42.2 Å². The highest BCUT2D eigenvalue weighted by atomic mass is 16.5. The number of nitrogens with zero attached hydrogens (tertiary/aromatic N) is 5. The van der Waals surface area contributed by atoms with E-state index in [2.05, 4.69) is 15.2 Å². The van der Waals surface area contributed by atoms with Crippen LogP contribution >= 0.6 is 0 Å². The third-order valence-electron chi connectivity index (χ3n) is 3.58. The Bertz CT molecular complexity index is 599. The largest absolute Gasteiger partial charge is 0.382 e. The van der Waals surface area contributed by atoms with Crippen LogP contribution in [0.3, 0.4) is 0 Å². The maximum atomic E-state index is 12.4. The summed E-state index contributed by atoms with van der Waals surface area (Å²) in [6.45, 7) is 0.406. The topological polar surface area (TPSA) is 73.1 Å². The highest BCUT2D eigenvalue weighted by Gasteiger charge is 2.22. The number of hydrogen-bond acceptors (Lipinski definition) is 5. The second-order valence-electron chi connectivity index (χ2n) is 5.09. The van der Waals surface area contributed by atoms with E-state index in [4.69, 9.17) is 4.74 Å². The van der Waals surface area contributed by atoms with E-state index >= 15 is 0 Å². The van der Waals surface area contributed by atoms with Gasteiger partial charge >= 0.3 is 0 Å². The number of likely N-dealkylation sites (N-methyl/N-ethyl adjacent to an activating group) is 1. The lowest BCUT2D eigenvalue weighted by Crippen LogP contribution is -2.34. The van der Waals surface area contributed by atoms with Crippen LogP contribution in [0.4, 0.5) is 0 Å². The first-order chi connectivity index (χ1) is 10.6. The Kier molecular flexibility index (Phi) is 5.60. The molecule has 7 nitrogen and oxygen atoms in total. The van der Waals surface area contributed by atoms with E-state index in [0.29, 0.717) is 19.4 Å². The lowest BCUT2D eigenvalue weighted by atomic mass is 10.1. The Morgan fingerprint density at radius 3 is 2.86 bits per heavy atom. The average molecular weight is 303 g/mol. The zero-order chi connectivity index (χ0) is 15.9. The summed E-state index contributed by atoms with van der Waals surface area (Å²) >= 11 is 0. The number of ether oxygens (including phenoxy) is 1. The maximum Gasteiger partial charge on any atom is 0.223 e. The van der Waals surface area contributed by atoms with Crippen LogP contribution in [0.2, 0.25) is 0 Å². The van der Waals surface area contributed by atoms with Crippen molar-refractivity contribution in [2.45, 2.75) is 18.9 Å². The fraction of sp³-hybridized carbons (Fsp3) is 0.467. The molecule has 0 spiro atoms. The van der Waals surface area contributed by atoms with Crippen molar-refractivity contribution in [1.82, 2.24) is 24.6 Å². The molecule has 0 saturated heterocycles. The van der Waals surface area contributed by atoms with Gasteiger partial charge in [0.2, 0.25) is 5.91 Å². The molecule has 2 rings (SSSR count). The molecule has 1 amide bonds. The van der Waals surface area contributed by atoms with Crippen LogP contribution in [-0.2, 0) is 23.0 Å². The van der Waals surface area contributed by atoms with Crippen LogP contribution in [0.25, 0.3) is 0 Å². The molecule has 7 heteroatoms. The molecule has 0 aliphatic rings. The summed E-state index contributed by atoms with van der Waals surface area (Å²) in [4.78, 5) is 18.4. The molecule has 0 radical (unpaired) electrons. The minimum absolute atomic E-state index is 0.0238. The van der Waals surface area contributed by atoms with E-state index < -0.39 is 0 Å². The second-order valence-corrected chi connectivity index (χ2v) is 5.09. The third kappa shape index (κ3) is 3.88. The molecule has 0 aliphatic carbocycles. The van der Waals surface area contributed by atoms with Crippen LogP contribution in [0.1, 0.15) is 24.0 Å². The first-order valence-corrected chi connectivity index (χ1v) is 7.12. The molecular weight excluding hydrogens is 282 g/mol. The van der Waals surface area contributed by atoms with Gasteiger partial charge in [-0.1, -0.05) is 6.07 Å². The molecule has 22 heavy (non-hydrogen) atoms. The Hall–Kier alpha value is -2.28. The predicted octanol–water partition coefficient (Wildman–Crippen LogP) is 0.989. The van der Waals surface area contributed by atoms with E-state index in [1.165, 1.54) is 0 Å². The van der Waals surface area contributed by atoms with Gasteiger partial charge in [0, 0.05) is 40.2 Å². The summed E-state index contributed by atoms with van der Waals surface area (Å²) in [5, 5.41) is 7.81. The minimum Gasteiger partial charge on any atom is -0.382 e. The third-order valence-corrected chi connectivity index (χ3v) is 3.58. The van der Waals surface area contributed by atoms with Crippen molar-refractivity contribution in [3.8, 4) is 0 Å². The smallest absolute Gasteiger partial charge is 0.223 e. The fourth-order valence-electron chi connectivity index (χ4n) is 2.23. The molecular formula is C15H21N5O2. The molecule has 2 heterocycles. The molecule has 0 saturated carbocycles. The van der Waals surface area contributed by atoms with Crippen molar-refractivity contribution in [2.24, 2.45) is 7.05 Å². The predicted molar refractivity (Wildman–Crippen MR) is 80.9 cm³/mol. The molecule has 2 aromatic heterocycles. The molecule has 0 fully saturated rings. The quantitative estimate of drug-likeness (QED) is 0.762. The normalized spacial score (nSPS) is 12.1. The van der Waals surface area contributed by atoms with E-state index in [0.717, 1.165) is 11.5 Å². The molecule has 1 atom stereocenters. The summed E-state index contributed by atoms with van der Waals surface area (Å²) in [5.74, 6) is 0.818. The summed E-state index contributed by atoms with van der Waals surface area (Å²) in [6.07, 6.45) is 4.28. The van der Waals surface area contributed by atoms with Crippen LogP contribution in [0, 0.1) is 0 Å². The van der Waals surface area contributed by atoms with Crippen molar-refractivity contribution >= 4 is 5.91 Å². The number of pyridine rings is 1. The highest BCUT2D eigenvalue weighted by Crippen LogP contribution is 2.18. The summed E-state index contributed by atoms with van der Waals surface area (Å²) in [5.41, 5.74) is 0.818. The monoisotopic (exact) mass is 303 g/mol. The van der Waals surface area contributed by atoms with Crippen LogP contribution in [0.15, 0.2) is 30.7 Å². The number of methoxy groups -OCH3 is 1. The van der Waals surface area contributed by atoms with Crippen LogP contribution in [0.5, 0.6) is 0 Å². The molecule has 0 bridgehead atoms. The van der Waals surface area contributed by atoms with Gasteiger partial charge in [0.05, 0.1) is 18.3 Å². The number of carbonyl (C=O) groups is 1. The first kappa shape index (κ1) is 16.1. The Morgan fingerprint density at radius 2 is 2.27 bits per heavy atom. The standard InChI is InChI=1S/C15H21N5O2/c1-19-11-17-18-14(19)7-8-15(21)20(2)13(10-22-3)12-6-4-5-9-16-12/h4-6,9,11,13H,7-8,10H2,1-3H3/t13-/m0/s1. The number of aryl methyl sites for hydroxylation is 2. The zero-order valence-corrected chi connectivity index (χ0v) is 13.1. The second kappa shape index (κ2) is 7.65. The van der Waals surface area contributed by atoms with Crippen molar-refractivity contribution in [1.29, 1.82) is 0 Å². The lowest BCUT2D eigenvalue weighted by molar-refractivity contribution is -0.133. The molecule has 118 valence electrons. The van der Waals surface area contributed by atoms with Crippen molar-refractivity contribution in [2.75, 3.05) is 20.8 Å². The molecule has 0 aliphatic heterocycles. The molecule has 0 aromatic carbocycles. The maximum absolute atomic E-state index is 12.4. The van der Waals surface area contributed by atoms with Gasteiger partial charge in [-0.15, -0.1) is 10.2 Å². The van der Waals surface area contributed by atoms with Gasteiger partial charge in [-0.25, -0.2) is 0 Å². The number of amides is 1. The summed E-state index contributed by atoms with van der Waals surface area (Å²) < 4.78 is 7.06. The number of rotatable bonds is 7. The average Bonchev–Trinajstić information content (AvgIpc) is 2.95. The Labute approximate surface area is 129 Å². The number of carbonyl (C=O) groups excluding carboxylic acids is 1. The lowest BCUT2D eigenvalue weighted by Gasteiger charge is -2.27. The summed E-state index contributed by atoms with van der Waals surface area (Å²) in [7, 11) is 5.26. The minimum atomic E-state index is -0.196. The van der Waals surface area contributed by atoms with E-state index in [9.17, 15) is 4.79 Å². The van der Waals surface area contributed by atoms with Gasteiger partial charge < -0.3 is 14.2 Å². The van der Waals surface area contributed by atoms with Crippen LogP contribution in [-0.4, -0.2) is 51.3 Å². The van der Waals surface area contributed by atoms with Gasteiger partial charge in [-0.05, 0) is 12.1 Å². The summed E-state index contributed by atoms with van der Waals surface area (Å²) in [6, 6.07) is 5.46. The van der Waals surface area contributed by atoms with Gasteiger partial charge in [-0.2, -0.15) is 0 Å². The Balaban J connectivity index is 2.02. The van der Waals surface area contributed by atoms with E-state index in [-0.39, 0.29) is 11.9 Å². The fourth-order valence-corrected chi connectivity index (χ4v) is 2.23. The van der Waals surface area contributed by atoms with Crippen molar-refractivity contribution < 1.29 is 9.53 Å². The zero-order valence-electron chi connectivity index (χ0n) is 13.1. The van der Waals surface area contributed by atoms with Gasteiger partial charge in [0.1, 0.15) is 12.2 Å². The Morgan fingerprint density at radius 1 is 1.45 bits per heavy atom. The molecule has 0 N–H and O–H groups in total. The van der Waals surface area contributed by atoms with E-state index in [1.807, 2.05) is 29.8 Å². The number of aromatic nitrogens is 4.